The molecule has 1 amide bonds. The second-order valence-electron chi connectivity index (χ2n) is 4.71. The molecule has 0 aliphatic rings. The maximum absolute atomic E-state index is 13.3. The summed E-state index contributed by atoms with van der Waals surface area (Å²) in [4.78, 5) is 22.6. The standard InChI is InChI=1S/C17H16FNO4/c1-12(20)19-13-6-8-14(9-7-13)23-17(21)10-11-22-16-5-3-2-4-15(16)18/h2-9H,10-11H2,1H3,(H,19,20). The van der Waals surface area contributed by atoms with E-state index in [4.69, 9.17) is 9.47 Å². The van der Waals surface area contributed by atoms with E-state index in [0.29, 0.717) is 11.4 Å². The van der Waals surface area contributed by atoms with E-state index in [9.17, 15) is 14.0 Å². The molecule has 0 spiro atoms. The average Bonchev–Trinajstić information content (AvgIpc) is 2.51. The zero-order valence-electron chi connectivity index (χ0n) is 12.5. The molecule has 1 N–H and O–H groups in total. The molecule has 0 aliphatic heterocycles. The average molecular weight is 317 g/mol. The van der Waals surface area contributed by atoms with Gasteiger partial charge in [-0.05, 0) is 36.4 Å². The van der Waals surface area contributed by atoms with Crippen molar-refractivity contribution in [1.29, 1.82) is 0 Å². The van der Waals surface area contributed by atoms with Gasteiger partial charge < -0.3 is 14.8 Å². The van der Waals surface area contributed by atoms with Crippen molar-refractivity contribution in [2.75, 3.05) is 11.9 Å². The predicted octanol–water partition coefficient (Wildman–Crippen LogP) is 3.16. The topological polar surface area (TPSA) is 64.6 Å². The summed E-state index contributed by atoms with van der Waals surface area (Å²) in [6, 6.07) is 12.4. The van der Waals surface area contributed by atoms with Gasteiger partial charge >= 0.3 is 5.97 Å². The zero-order chi connectivity index (χ0) is 16.7. The summed E-state index contributed by atoms with van der Waals surface area (Å²) in [6.45, 7) is 1.42. The summed E-state index contributed by atoms with van der Waals surface area (Å²) in [7, 11) is 0. The molecule has 2 aromatic carbocycles. The molecule has 6 heteroatoms. The van der Waals surface area contributed by atoms with Crippen LogP contribution in [-0.4, -0.2) is 18.5 Å². The lowest BCUT2D eigenvalue weighted by atomic mass is 10.3. The van der Waals surface area contributed by atoms with Gasteiger partial charge in [-0.15, -0.1) is 0 Å². The van der Waals surface area contributed by atoms with E-state index in [1.165, 1.54) is 19.1 Å². The molecule has 0 atom stereocenters. The fourth-order valence-corrected chi connectivity index (χ4v) is 1.80. The number of benzene rings is 2. The third kappa shape index (κ3) is 5.43. The van der Waals surface area contributed by atoms with Crippen LogP contribution < -0.4 is 14.8 Å². The van der Waals surface area contributed by atoms with Gasteiger partial charge in [-0.3, -0.25) is 9.59 Å². The number of halogens is 1. The number of hydrogen-bond acceptors (Lipinski definition) is 4. The lowest BCUT2D eigenvalue weighted by Gasteiger charge is -2.08. The highest BCUT2D eigenvalue weighted by atomic mass is 19.1. The maximum Gasteiger partial charge on any atom is 0.314 e. The number of rotatable bonds is 6. The fraction of sp³-hybridized carbons (Fsp3) is 0.176. The van der Waals surface area contributed by atoms with Crippen LogP contribution in [0.5, 0.6) is 11.5 Å². The van der Waals surface area contributed by atoms with Crippen molar-refractivity contribution in [3.05, 3.63) is 54.3 Å². The van der Waals surface area contributed by atoms with Crippen LogP contribution in [0.2, 0.25) is 0 Å². The van der Waals surface area contributed by atoms with Gasteiger partial charge in [0.05, 0.1) is 13.0 Å². The van der Waals surface area contributed by atoms with Gasteiger partial charge in [0, 0.05) is 12.6 Å². The Hall–Kier alpha value is -2.89. The molecule has 0 aliphatic carbocycles. The number of carbonyl (C=O) groups excluding carboxylic acids is 2. The van der Waals surface area contributed by atoms with E-state index >= 15 is 0 Å². The van der Waals surface area contributed by atoms with Crippen LogP contribution in [0.1, 0.15) is 13.3 Å². The van der Waals surface area contributed by atoms with Crippen molar-refractivity contribution >= 4 is 17.6 Å². The van der Waals surface area contributed by atoms with Gasteiger partial charge in [0.15, 0.2) is 11.6 Å². The van der Waals surface area contributed by atoms with Crippen molar-refractivity contribution < 1.29 is 23.5 Å². The minimum atomic E-state index is -0.492. The Morgan fingerprint density at radius 2 is 1.78 bits per heavy atom. The van der Waals surface area contributed by atoms with Crippen LogP contribution in [0.15, 0.2) is 48.5 Å². The third-order valence-electron chi connectivity index (χ3n) is 2.81. The van der Waals surface area contributed by atoms with E-state index in [2.05, 4.69) is 5.32 Å². The normalized spacial score (nSPS) is 10.0. The van der Waals surface area contributed by atoms with Gasteiger partial charge in [0.25, 0.3) is 0 Å². The predicted molar refractivity (Wildman–Crippen MR) is 82.9 cm³/mol. The molecule has 0 saturated heterocycles. The highest BCUT2D eigenvalue weighted by Gasteiger charge is 2.07. The number of carbonyl (C=O) groups is 2. The van der Waals surface area contributed by atoms with Crippen molar-refractivity contribution in [1.82, 2.24) is 0 Å². The largest absolute Gasteiger partial charge is 0.490 e. The number of hydrogen-bond donors (Lipinski definition) is 1. The Balaban J connectivity index is 1.78. The maximum atomic E-state index is 13.3. The molecule has 0 heterocycles. The van der Waals surface area contributed by atoms with Gasteiger partial charge in [0.2, 0.25) is 5.91 Å². The van der Waals surface area contributed by atoms with Gasteiger partial charge in [0.1, 0.15) is 5.75 Å². The first-order chi connectivity index (χ1) is 11.0. The molecule has 120 valence electrons. The number of anilines is 1. The second-order valence-corrected chi connectivity index (χ2v) is 4.71. The summed E-state index contributed by atoms with van der Waals surface area (Å²) in [5.74, 6) is -0.696. The number of ether oxygens (including phenoxy) is 2. The Bertz CT molecular complexity index is 685. The number of esters is 1. The molecule has 2 aromatic rings. The van der Waals surface area contributed by atoms with Crippen LogP contribution in [0.3, 0.4) is 0 Å². The van der Waals surface area contributed by atoms with Crippen molar-refractivity contribution in [2.24, 2.45) is 0 Å². The van der Waals surface area contributed by atoms with Crippen LogP contribution >= 0.6 is 0 Å². The number of nitrogens with one attached hydrogen (secondary N) is 1. The van der Waals surface area contributed by atoms with E-state index in [1.54, 1.807) is 36.4 Å². The molecule has 0 fully saturated rings. The highest BCUT2D eigenvalue weighted by Crippen LogP contribution is 2.17. The van der Waals surface area contributed by atoms with Crippen molar-refractivity contribution in [3.8, 4) is 11.5 Å². The second kappa shape index (κ2) is 7.93. The quantitative estimate of drug-likeness (QED) is 0.656. The van der Waals surface area contributed by atoms with E-state index < -0.39 is 11.8 Å². The lowest BCUT2D eigenvalue weighted by molar-refractivity contribution is -0.135. The first-order valence-corrected chi connectivity index (χ1v) is 7.00. The number of para-hydroxylation sites is 1. The molecule has 5 nitrogen and oxygen atoms in total. The fourth-order valence-electron chi connectivity index (χ4n) is 1.80. The Morgan fingerprint density at radius 3 is 2.43 bits per heavy atom. The molecule has 0 unspecified atom stereocenters. The first kappa shape index (κ1) is 16.5. The summed E-state index contributed by atoms with van der Waals surface area (Å²) in [5.41, 5.74) is 0.611. The summed E-state index contributed by atoms with van der Waals surface area (Å²) in [6.07, 6.45) is -0.0121. The van der Waals surface area contributed by atoms with E-state index in [0.717, 1.165) is 0 Å². The molecule has 2 rings (SSSR count). The summed E-state index contributed by atoms with van der Waals surface area (Å²) in [5, 5.41) is 2.61. The van der Waals surface area contributed by atoms with Crippen LogP contribution in [0.25, 0.3) is 0 Å². The van der Waals surface area contributed by atoms with Crippen LogP contribution in [0, 0.1) is 5.82 Å². The molecule has 0 saturated carbocycles. The van der Waals surface area contributed by atoms with E-state index in [-0.39, 0.29) is 24.7 Å². The molecule has 0 bridgehead atoms. The number of amides is 1. The highest BCUT2D eigenvalue weighted by molar-refractivity contribution is 5.88. The minimum Gasteiger partial charge on any atom is -0.490 e. The monoisotopic (exact) mass is 317 g/mol. The minimum absolute atomic E-state index is 0.0121. The molecular formula is C17H16FNO4. The van der Waals surface area contributed by atoms with Gasteiger partial charge in [-0.2, -0.15) is 0 Å². The van der Waals surface area contributed by atoms with Gasteiger partial charge in [-0.1, -0.05) is 12.1 Å². The molecule has 0 radical (unpaired) electrons. The van der Waals surface area contributed by atoms with Crippen LogP contribution in [-0.2, 0) is 9.59 Å². The molecule has 0 aromatic heterocycles. The SMILES string of the molecule is CC(=O)Nc1ccc(OC(=O)CCOc2ccccc2F)cc1. The molecule has 23 heavy (non-hydrogen) atoms. The zero-order valence-corrected chi connectivity index (χ0v) is 12.5. The summed E-state index contributed by atoms with van der Waals surface area (Å²) < 4.78 is 23.6. The third-order valence-corrected chi connectivity index (χ3v) is 2.81. The Morgan fingerprint density at radius 1 is 1.09 bits per heavy atom. The van der Waals surface area contributed by atoms with Crippen LogP contribution in [0.4, 0.5) is 10.1 Å². The van der Waals surface area contributed by atoms with Crippen molar-refractivity contribution in [3.63, 3.8) is 0 Å². The van der Waals surface area contributed by atoms with E-state index in [1.807, 2.05) is 0 Å². The smallest absolute Gasteiger partial charge is 0.314 e. The lowest BCUT2D eigenvalue weighted by Crippen LogP contribution is -2.13. The summed E-state index contributed by atoms with van der Waals surface area (Å²) >= 11 is 0. The van der Waals surface area contributed by atoms with Crippen molar-refractivity contribution in [2.45, 2.75) is 13.3 Å². The first-order valence-electron chi connectivity index (χ1n) is 7.00. The Labute approximate surface area is 133 Å². The molecular weight excluding hydrogens is 301 g/mol. The van der Waals surface area contributed by atoms with Gasteiger partial charge in [-0.25, -0.2) is 4.39 Å². The Kier molecular flexibility index (Phi) is 5.68.